The lowest BCUT2D eigenvalue weighted by Gasteiger charge is -2.22. The van der Waals surface area contributed by atoms with Crippen LogP contribution in [0.1, 0.15) is 40.0 Å². The highest BCUT2D eigenvalue weighted by Gasteiger charge is 2.33. The minimum absolute atomic E-state index is 0.128. The fraction of sp³-hybridized carbons (Fsp3) is 0.320. The first-order chi connectivity index (χ1) is 16.9. The van der Waals surface area contributed by atoms with Crippen molar-refractivity contribution in [2.24, 2.45) is 0 Å². The van der Waals surface area contributed by atoms with E-state index < -0.39 is 4.92 Å². The van der Waals surface area contributed by atoms with Crippen LogP contribution in [0.25, 0.3) is 10.8 Å². The number of carbonyl (C=O) groups excluding carboxylic acids is 2. The number of hydrogen-bond donors (Lipinski definition) is 1. The summed E-state index contributed by atoms with van der Waals surface area (Å²) in [6.07, 6.45) is 5.76. The van der Waals surface area contributed by atoms with E-state index in [-0.39, 0.29) is 34.8 Å². The smallest absolute Gasteiger partial charge is 0.294 e. The molecule has 1 aromatic heterocycles. The van der Waals surface area contributed by atoms with Crippen LogP contribution in [0.4, 0.5) is 11.4 Å². The molecule has 2 aliphatic rings. The first-order valence-corrected chi connectivity index (χ1v) is 12.4. The third kappa shape index (κ3) is 4.58. The Morgan fingerprint density at radius 2 is 1.77 bits per heavy atom. The Morgan fingerprint density at radius 1 is 1.03 bits per heavy atom. The molecule has 9 nitrogen and oxygen atoms in total. The van der Waals surface area contributed by atoms with Gasteiger partial charge in [-0.05, 0) is 30.7 Å². The van der Waals surface area contributed by atoms with E-state index in [9.17, 15) is 19.7 Å². The molecule has 2 amide bonds. The molecule has 0 unspecified atom stereocenters. The number of pyridine rings is 1. The molecule has 0 radical (unpaired) electrons. The largest absolute Gasteiger partial charge is 0.374 e. The van der Waals surface area contributed by atoms with Gasteiger partial charge in [0.05, 0.1) is 16.1 Å². The summed E-state index contributed by atoms with van der Waals surface area (Å²) in [6.45, 7) is 2.15. The molecule has 10 heteroatoms. The van der Waals surface area contributed by atoms with Gasteiger partial charge in [0.25, 0.3) is 17.5 Å². The summed E-state index contributed by atoms with van der Waals surface area (Å²) in [7, 11) is 0. The SMILES string of the molecule is O=C(c1cc(Br)cc([N+](=O)[O-])c1N[C@@H]1CCN(C(=O)c2cncc3ccccc23)C1)N1CCCC1. The minimum Gasteiger partial charge on any atom is -0.374 e. The van der Waals surface area contributed by atoms with Gasteiger partial charge in [0, 0.05) is 60.5 Å². The van der Waals surface area contributed by atoms with Crippen LogP contribution in [0.3, 0.4) is 0 Å². The van der Waals surface area contributed by atoms with Crippen LogP contribution in [0.2, 0.25) is 0 Å². The molecule has 2 aliphatic heterocycles. The number of nitrogens with zero attached hydrogens (tertiary/aromatic N) is 4. The fourth-order valence-electron chi connectivity index (χ4n) is 4.87. The standard InChI is InChI=1S/C25H24BrN5O4/c26-17-11-20(24(32)29-8-3-4-9-29)23(22(12-17)31(34)35)28-18-7-10-30(15-18)25(33)21-14-27-13-16-5-1-2-6-19(16)21/h1-2,5-6,11-14,18,28H,3-4,7-10,15H2/t18-/m1/s1. The minimum atomic E-state index is -0.479. The topological polar surface area (TPSA) is 109 Å². The van der Waals surface area contributed by atoms with Crippen molar-refractivity contribution < 1.29 is 14.5 Å². The predicted octanol–water partition coefficient (Wildman–Crippen LogP) is 4.47. The highest BCUT2D eigenvalue weighted by atomic mass is 79.9. The monoisotopic (exact) mass is 537 g/mol. The third-order valence-corrected chi connectivity index (χ3v) is 7.08. The van der Waals surface area contributed by atoms with Crippen molar-refractivity contribution >= 4 is 49.9 Å². The lowest BCUT2D eigenvalue weighted by atomic mass is 10.1. The molecule has 1 atom stereocenters. The Labute approximate surface area is 210 Å². The number of rotatable bonds is 5. The lowest BCUT2D eigenvalue weighted by molar-refractivity contribution is -0.384. The second-order valence-corrected chi connectivity index (χ2v) is 9.81. The van der Waals surface area contributed by atoms with Crippen molar-refractivity contribution in [3.05, 3.63) is 74.5 Å². The van der Waals surface area contributed by atoms with Crippen molar-refractivity contribution in [2.45, 2.75) is 25.3 Å². The van der Waals surface area contributed by atoms with Crippen LogP contribution in [0.5, 0.6) is 0 Å². The second kappa shape index (κ2) is 9.61. The number of halogens is 1. The molecule has 5 rings (SSSR count). The van der Waals surface area contributed by atoms with Crippen LogP contribution < -0.4 is 5.32 Å². The third-order valence-electron chi connectivity index (χ3n) is 6.63. The molecule has 0 aliphatic carbocycles. The van der Waals surface area contributed by atoms with Gasteiger partial charge in [-0.15, -0.1) is 0 Å². The summed E-state index contributed by atoms with van der Waals surface area (Å²) in [5.74, 6) is -0.348. The van der Waals surface area contributed by atoms with Crippen molar-refractivity contribution in [2.75, 3.05) is 31.5 Å². The number of nitro benzene ring substituents is 1. The van der Waals surface area contributed by atoms with Gasteiger partial charge in [-0.1, -0.05) is 40.2 Å². The zero-order valence-corrected chi connectivity index (χ0v) is 20.5. The first kappa shape index (κ1) is 23.2. The summed E-state index contributed by atoms with van der Waals surface area (Å²) in [6, 6.07) is 10.4. The van der Waals surface area contributed by atoms with E-state index in [1.54, 1.807) is 28.3 Å². The molecular formula is C25H24BrN5O4. The van der Waals surface area contributed by atoms with E-state index in [4.69, 9.17) is 0 Å². The van der Waals surface area contributed by atoms with Crippen molar-refractivity contribution in [3.8, 4) is 0 Å². The molecule has 3 aromatic rings. The fourth-order valence-corrected chi connectivity index (χ4v) is 5.32. The van der Waals surface area contributed by atoms with E-state index in [1.165, 1.54) is 6.07 Å². The van der Waals surface area contributed by atoms with Gasteiger partial charge in [0.15, 0.2) is 0 Å². The Morgan fingerprint density at radius 3 is 2.54 bits per heavy atom. The Bertz CT molecular complexity index is 1320. The average Bonchev–Trinajstić information content (AvgIpc) is 3.56. The molecule has 3 heterocycles. The number of hydrogen-bond acceptors (Lipinski definition) is 6. The van der Waals surface area contributed by atoms with Crippen LogP contribution in [0.15, 0.2) is 53.3 Å². The van der Waals surface area contributed by atoms with Crippen molar-refractivity contribution in [1.29, 1.82) is 0 Å². The summed E-state index contributed by atoms with van der Waals surface area (Å²) in [4.78, 5) is 45.6. The first-order valence-electron chi connectivity index (χ1n) is 11.6. The summed E-state index contributed by atoms with van der Waals surface area (Å²) < 4.78 is 0.476. The zero-order chi connectivity index (χ0) is 24.5. The molecule has 180 valence electrons. The summed E-state index contributed by atoms with van der Waals surface area (Å²) in [5, 5.41) is 16.8. The maximum absolute atomic E-state index is 13.3. The molecule has 35 heavy (non-hydrogen) atoms. The van der Waals surface area contributed by atoms with Gasteiger partial charge in [-0.3, -0.25) is 24.7 Å². The van der Waals surface area contributed by atoms with Crippen LogP contribution >= 0.6 is 15.9 Å². The second-order valence-electron chi connectivity index (χ2n) is 8.89. The van der Waals surface area contributed by atoms with Gasteiger partial charge in [0.2, 0.25) is 0 Å². The van der Waals surface area contributed by atoms with Gasteiger partial charge in [-0.2, -0.15) is 0 Å². The lowest BCUT2D eigenvalue weighted by Crippen LogP contribution is -2.33. The predicted molar refractivity (Wildman–Crippen MR) is 136 cm³/mol. The normalized spacial score (nSPS) is 17.7. The number of nitro groups is 1. The number of fused-ring (bicyclic) bond motifs is 1. The van der Waals surface area contributed by atoms with E-state index in [0.717, 1.165) is 23.6 Å². The highest BCUT2D eigenvalue weighted by Crippen LogP contribution is 2.35. The maximum Gasteiger partial charge on any atom is 0.294 e. The van der Waals surface area contributed by atoms with E-state index in [1.807, 2.05) is 24.3 Å². The molecular weight excluding hydrogens is 514 g/mol. The van der Waals surface area contributed by atoms with E-state index in [2.05, 4.69) is 26.2 Å². The number of likely N-dealkylation sites (tertiary alicyclic amines) is 2. The summed E-state index contributed by atoms with van der Waals surface area (Å²) >= 11 is 3.32. The number of anilines is 1. The molecule has 1 N–H and O–H groups in total. The molecule has 2 aromatic carbocycles. The Balaban J connectivity index is 1.40. The van der Waals surface area contributed by atoms with Crippen LogP contribution in [-0.4, -0.2) is 63.7 Å². The van der Waals surface area contributed by atoms with Crippen LogP contribution in [-0.2, 0) is 0 Å². The Hall–Kier alpha value is -3.53. The van der Waals surface area contributed by atoms with E-state index in [0.29, 0.717) is 42.6 Å². The van der Waals surface area contributed by atoms with Crippen LogP contribution in [0, 0.1) is 10.1 Å². The van der Waals surface area contributed by atoms with Crippen molar-refractivity contribution in [3.63, 3.8) is 0 Å². The number of carbonyl (C=O) groups is 2. The molecule has 0 saturated carbocycles. The average molecular weight is 538 g/mol. The van der Waals surface area contributed by atoms with Gasteiger partial charge in [0.1, 0.15) is 5.69 Å². The molecule has 2 saturated heterocycles. The molecule has 2 fully saturated rings. The number of amides is 2. The number of nitrogens with one attached hydrogen (secondary N) is 1. The quantitative estimate of drug-likeness (QED) is 0.380. The number of aromatic nitrogens is 1. The molecule has 0 spiro atoms. The number of benzene rings is 2. The maximum atomic E-state index is 13.3. The molecule has 0 bridgehead atoms. The van der Waals surface area contributed by atoms with Gasteiger partial charge < -0.3 is 15.1 Å². The van der Waals surface area contributed by atoms with Crippen molar-refractivity contribution in [1.82, 2.24) is 14.8 Å². The highest BCUT2D eigenvalue weighted by molar-refractivity contribution is 9.10. The van der Waals surface area contributed by atoms with E-state index >= 15 is 0 Å². The summed E-state index contributed by atoms with van der Waals surface area (Å²) in [5.41, 5.74) is 0.852. The Kier molecular flexibility index (Phi) is 6.38. The zero-order valence-electron chi connectivity index (χ0n) is 18.9. The van der Waals surface area contributed by atoms with Gasteiger partial charge >= 0.3 is 0 Å². The van der Waals surface area contributed by atoms with Gasteiger partial charge in [-0.25, -0.2) is 0 Å².